The minimum atomic E-state index is 0.163. The molecule has 0 unspecified atom stereocenters. The van der Waals surface area contributed by atoms with Gasteiger partial charge in [0.25, 0.3) is 0 Å². The molecule has 0 saturated heterocycles. The highest BCUT2D eigenvalue weighted by molar-refractivity contribution is 5.89. The summed E-state index contributed by atoms with van der Waals surface area (Å²) >= 11 is 0. The van der Waals surface area contributed by atoms with Crippen molar-refractivity contribution in [2.45, 2.75) is 26.8 Å². The minimum absolute atomic E-state index is 0.163. The van der Waals surface area contributed by atoms with E-state index in [2.05, 4.69) is 22.9 Å². The molecule has 1 aromatic heterocycles. The zero-order valence-electron chi connectivity index (χ0n) is 17.1. The van der Waals surface area contributed by atoms with Gasteiger partial charge in [0, 0.05) is 42.8 Å². The van der Waals surface area contributed by atoms with Gasteiger partial charge in [-0.25, -0.2) is 0 Å². The Kier molecular flexibility index (Phi) is 6.24. The molecule has 0 aliphatic carbocycles. The Labute approximate surface area is 166 Å². The fourth-order valence-electron chi connectivity index (χ4n) is 3.60. The second-order valence-corrected chi connectivity index (χ2v) is 6.76. The fourth-order valence-corrected chi connectivity index (χ4v) is 3.60. The summed E-state index contributed by atoms with van der Waals surface area (Å²) in [7, 11) is 3.31. The lowest BCUT2D eigenvalue weighted by molar-refractivity contribution is -0.130. The van der Waals surface area contributed by atoms with Crippen LogP contribution in [-0.2, 0) is 17.8 Å². The van der Waals surface area contributed by atoms with Crippen LogP contribution < -0.4 is 9.47 Å². The molecule has 0 aliphatic rings. The number of amides is 1. The first-order valence-corrected chi connectivity index (χ1v) is 9.66. The molecule has 5 heteroatoms. The summed E-state index contributed by atoms with van der Waals surface area (Å²) in [4.78, 5) is 14.5. The van der Waals surface area contributed by atoms with Crippen LogP contribution in [-0.4, -0.2) is 42.7 Å². The second-order valence-electron chi connectivity index (χ2n) is 6.76. The van der Waals surface area contributed by atoms with Crippen LogP contribution in [0.2, 0.25) is 0 Å². The number of carbonyl (C=O) groups excluding carboxylic acids is 1. The Morgan fingerprint density at radius 2 is 1.64 bits per heavy atom. The predicted octanol–water partition coefficient (Wildman–Crippen LogP) is 4.12. The Bertz CT molecular complexity index is 935. The number of methoxy groups -OCH3 is 2. The van der Waals surface area contributed by atoms with Crippen LogP contribution in [0.15, 0.2) is 48.7 Å². The number of para-hydroxylation sites is 1. The number of likely N-dealkylation sites (N-methyl/N-ethyl adjacent to an activating group) is 1. The average Bonchev–Trinajstić information content (AvgIpc) is 3.05. The van der Waals surface area contributed by atoms with Crippen LogP contribution in [0.3, 0.4) is 0 Å². The maximum Gasteiger partial charge on any atom is 0.227 e. The Morgan fingerprint density at radius 1 is 1.00 bits per heavy atom. The average molecular weight is 380 g/mol. The van der Waals surface area contributed by atoms with E-state index < -0.39 is 0 Å². The number of ether oxygens (including phenoxy) is 2. The largest absolute Gasteiger partial charge is 0.497 e. The first kappa shape index (κ1) is 19.8. The van der Waals surface area contributed by atoms with Gasteiger partial charge in [-0.1, -0.05) is 18.2 Å². The molecule has 0 aliphatic heterocycles. The molecule has 0 N–H and O–H groups in total. The number of hydrogen-bond acceptors (Lipinski definition) is 3. The van der Waals surface area contributed by atoms with Crippen molar-refractivity contribution < 1.29 is 14.3 Å². The fraction of sp³-hybridized carbons (Fsp3) is 0.348. The molecule has 1 amide bonds. The molecule has 0 bridgehead atoms. The smallest absolute Gasteiger partial charge is 0.227 e. The zero-order valence-corrected chi connectivity index (χ0v) is 17.1. The SMILES string of the molecule is CCN(CC)C(=O)Cc1cn(Cc2cc(OC)cc(OC)c2)c2ccccc12. The van der Waals surface area contributed by atoms with Crippen LogP contribution >= 0.6 is 0 Å². The van der Waals surface area contributed by atoms with E-state index in [1.165, 1.54) is 0 Å². The molecule has 0 atom stereocenters. The predicted molar refractivity (Wildman–Crippen MR) is 112 cm³/mol. The molecule has 2 aromatic carbocycles. The highest BCUT2D eigenvalue weighted by Gasteiger charge is 2.15. The van der Waals surface area contributed by atoms with Gasteiger partial charge in [-0.2, -0.15) is 0 Å². The van der Waals surface area contributed by atoms with Gasteiger partial charge >= 0.3 is 0 Å². The lowest BCUT2D eigenvalue weighted by Gasteiger charge is -2.18. The highest BCUT2D eigenvalue weighted by Crippen LogP contribution is 2.27. The summed E-state index contributed by atoms with van der Waals surface area (Å²) in [5.74, 6) is 1.70. The van der Waals surface area contributed by atoms with Crippen LogP contribution in [0.4, 0.5) is 0 Å². The molecule has 1 heterocycles. The number of benzene rings is 2. The van der Waals surface area contributed by atoms with E-state index in [1.54, 1.807) is 14.2 Å². The van der Waals surface area contributed by atoms with Gasteiger partial charge in [-0.15, -0.1) is 0 Å². The monoisotopic (exact) mass is 380 g/mol. The normalized spacial score (nSPS) is 10.9. The van der Waals surface area contributed by atoms with Crippen molar-refractivity contribution in [3.63, 3.8) is 0 Å². The van der Waals surface area contributed by atoms with Crippen LogP contribution in [0, 0.1) is 0 Å². The number of hydrogen-bond donors (Lipinski definition) is 0. The molecule has 28 heavy (non-hydrogen) atoms. The minimum Gasteiger partial charge on any atom is -0.497 e. The van der Waals surface area contributed by atoms with Gasteiger partial charge in [0.15, 0.2) is 0 Å². The van der Waals surface area contributed by atoms with Crippen LogP contribution in [0.5, 0.6) is 11.5 Å². The Balaban J connectivity index is 1.96. The lowest BCUT2D eigenvalue weighted by atomic mass is 10.1. The molecule has 0 saturated carbocycles. The zero-order chi connectivity index (χ0) is 20.1. The van der Waals surface area contributed by atoms with Gasteiger partial charge in [0.2, 0.25) is 5.91 Å². The molecule has 5 nitrogen and oxygen atoms in total. The van der Waals surface area contributed by atoms with Gasteiger partial charge < -0.3 is 18.9 Å². The second kappa shape index (κ2) is 8.83. The molecule has 0 spiro atoms. The summed E-state index contributed by atoms with van der Waals surface area (Å²) in [5, 5.41) is 1.12. The Hall–Kier alpha value is -2.95. The van der Waals surface area contributed by atoms with Crippen molar-refractivity contribution in [2.24, 2.45) is 0 Å². The summed E-state index contributed by atoms with van der Waals surface area (Å²) < 4.78 is 13.0. The van der Waals surface area contributed by atoms with Gasteiger partial charge in [-0.3, -0.25) is 4.79 Å². The maximum absolute atomic E-state index is 12.6. The number of aromatic nitrogens is 1. The summed E-state index contributed by atoms with van der Waals surface area (Å²) in [6.45, 7) is 6.17. The third-order valence-electron chi connectivity index (χ3n) is 5.09. The van der Waals surface area contributed by atoms with E-state index in [1.807, 2.05) is 49.1 Å². The van der Waals surface area contributed by atoms with E-state index >= 15 is 0 Å². The van der Waals surface area contributed by atoms with Crippen molar-refractivity contribution in [1.82, 2.24) is 9.47 Å². The topological polar surface area (TPSA) is 43.7 Å². The number of rotatable bonds is 8. The van der Waals surface area contributed by atoms with Crippen molar-refractivity contribution in [3.8, 4) is 11.5 Å². The third kappa shape index (κ3) is 4.14. The maximum atomic E-state index is 12.6. The van der Waals surface area contributed by atoms with E-state index in [-0.39, 0.29) is 5.91 Å². The quantitative estimate of drug-likeness (QED) is 0.590. The standard InChI is InChI=1S/C23H28N2O3/c1-5-24(6-2)23(26)13-18-16-25(22-10-8-7-9-21(18)22)15-17-11-19(27-3)14-20(12-17)28-4/h7-12,14,16H,5-6,13,15H2,1-4H3. The van der Waals surface area contributed by atoms with Crippen molar-refractivity contribution >= 4 is 16.8 Å². The first-order chi connectivity index (χ1) is 13.6. The molecular formula is C23H28N2O3. The molecule has 0 radical (unpaired) electrons. The van der Waals surface area contributed by atoms with Crippen LogP contribution in [0.1, 0.15) is 25.0 Å². The molecule has 3 aromatic rings. The molecule has 148 valence electrons. The van der Waals surface area contributed by atoms with E-state index in [4.69, 9.17) is 9.47 Å². The van der Waals surface area contributed by atoms with E-state index in [0.717, 1.165) is 46.6 Å². The molecule has 0 fully saturated rings. The van der Waals surface area contributed by atoms with Gasteiger partial charge in [0.1, 0.15) is 11.5 Å². The van der Waals surface area contributed by atoms with Crippen LogP contribution in [0.25, 0.3) is 10.9 Å². The number of fused-ring (bicyclic) bond motifs is 1. The summed E-state index contributed by atoms with van der Waals surface area (Å²) in [6.07, 6.45) is 2.51. The molecule has 3 rings (SSSR count). The van der Waals surface area contributed by atoms with Crippen molar-refractivity contribution in [3.05, 3.63) is 59.8 Å². The molecular weight excluding hydrogens is 352 g/mol. The van der Waals surface area contributed by atoms with Crippen molar-refractivity contribution in [2.75, 3.05) is 27.3 Å². The van der Waals surface area contributed by atoms with E-state index in [9.17, 15) is 4.79 Å². The lowest BCUT2D eigenvalue weighted by Crippen LogP contribution is -2.31. The van der Waals surface area contributed by atoms with Gasteiger partial charge in [0.05, 0.1) is 20.6 Å². The third-order valence-corrected chi connectivity index (χ3v) is 5.09. The van der Waals surface area contributed by atoms with Crippen molar-refractivity contribution in [1.29, 1.82) is 0 Å². The number of nitrogens with zero attached hydrogens (tertiary/aromatic N) is 2. The van der Waals surface area contributed by atoms with E-state index in [0.29, 0.717) is 13.0 Å². The summed E-state index contributed by atoms with van der Waals surface area (Å²) in [6, 6.07) is 14.1. The highest BCUT2D eigenvalue weighted by atomic mass is 16.5. The summed E-state index contributed by atoms with van der Waals surface area (Å²) in [5.41, 5.74) is 3.26. The Morgan fingerprint density at radius 3 is 2.25 bits per heavy atom. The first-order valence-electron chi connectivity index (χ1n) is 9.66. The van der Waals surface area contributed by atoms with Gasteiger partial charge in [-0.05, 0) is 43.2 Å². The number of carbonyl (C=O) groups is 1.